The van der Waals surface area contributed by atoms with Crippen molar-refractivity contribution < 1.29 is 22.7 Å². The second-order valence-electron chi connectivity index (χ2n) is 4.49. The molecule has 1 unspecified atom stereocenters. The van der Waals surface area contributed by atoms with Gasteiger partial charge in [0.1, 0.15) is 5.75 Å². The van der Waals surface area contributed by atoms with Crippen molar-refractivity contribution in [1.82, 2.24) is 0 Å². The first-order chi connectivity index (χ1) is 10.9. The molecule has 0 spiro atoms. The third-order valence-corrected chi connectivity index (χ3v) is 4.34. The van der Waals surface area contributed by atoms with E-state index in [4.69, 9.17) is 0 Å². The van der Waals surface area contributed by atoms with E-state index in [-0.39, 0.29) is 5.56 Å². The summed E-state index contributed by atoms with van der Waals surface area (Å²) in [5.74, 6) is -1.08. The molecule has 0 fully saturated rings. The number of alkyl halides is 3. The second kappa shape index (κ2) is 5.96. The predicted molar refractivity (Wildman–Crippen MR) is 80.1 cm³/mol. The number of para-hydroxylation sites is 1. The van der Waals surface area contributed by atoms with E-state index in [2.05, 4.69) is 14.1 Å². The fourth-order valence-electron chi connectivity index (χ4n) is 1.95. The first kappa shape index (κ1) is 15.4. The Bertz CT molecular complexity index is 831. The molecule has 8 heteroatoms. The molecule has 1 aliphatic heterocycles. The fraction of sp³-hybridized carbons (Fsp3) is 0.0667. The van der Waals surface area contributed by atoms with E-state index in [0.717, 1.165) is 22.7 Å². The molecule has 2 aromatic carbocycles. The van der Waals surface area contributed by atoms with Crippen molar-refractivity contribution in [2.24, 2.45) is 9.36 Å². The topological polar surface area (TPSA) is 51.0 Å². The summed E-state index contributed by atoms with van der Waals surface area (Å²) in [4.78, 5) is 17.1. The number of hydrogen-bond acceptors (Lipinski definition) is 3. The molecular weight excluding hydrogens is 329 g/mol. The number of carbonyl (C=O) groups excluding carboxylic acids is 1. The van der Waals surface area contributed by atoms with Crippen LogP contribution >= 0.6 is 0 Å². The molecule has 4 nitrogen and oxygen atoms in total. The number of rotatable bonds is 2. The molecule has 0 aromatic heterocycles. The van der Waals surface area contributed by atoms with Crippen LogP contribution in [0.25, 0.3) is 0 Å². The van der Waals surface area contributed by atoms with Gasteiger partial charge in [0, 0.05) is 5.56 Å². The molecule has 1 heterocycles. The maximum atomic E-state index is 12.2. The lowest BCUT2D eigenvalue weighted by Crippen LogP contribution is -2.17. The number of hydrogen-bond donors (Lipinski definition) is 0. The second-order valence-corrected chi connectivity index (χ2v) is 5.95. The van der Waals surface area contributed by atoms with Crippen molar-refractivity contribution in [2.45, 2.75) is 11.3 Å². The van der Waals surface area contributed by atoms with Crippen LogP contribution in [0.1, 0.15) is 10.4 Å². The maximum Gasteiger partial charge on any atom is 0.573 e. The van der Waals surface area contributed by atoms with Gasteiger partial charge in [0.2, 0.25) is 0 Å². The minimum absolute atomic E-state index is 0.0250. The Morgan fingerprint density at radius 1 is 1.13 bits per heavy atom. The zero-order valence-corrected chi connectivity index (χ0v) is 12.3. The van der Waals surface area contributed by atoms with Gasteiger partial charge < -0.3 is 4.74 Å². The van der Waals surface area contributed by atoms with E-state index >= 15 is 0 Å². The maximum absolute atomic E-state index is 12.2. The zero-order valence-electron chi connectivity index (χ0n) is 11.4. The van der Waals surface area contributed by atoms with Gasteiger partial charge in [0.15, 0.2) is 0 Å². The predicted octanol–water partition coefficient (Wildman–Crippen LogP) is 4.26. The minimum atomic E-state index is -4.81. The van der Waals surface area contributed by atoms with Gasteiger partial charge >= 0.3 is 6.36 Å². The number of benzene rings is 2. The van der Waals surface area contributed by atoms with Gasteiger partial charge in [-0.25, -0.2) is 4.99 Å². The van der Waals surface area contributed by atoms with Gasteiger partial charge in [-0.2, -0.15) is 4.36 Å². The Morgan fingerprint density at radius 3 is 2.70 bits per heavy atom. The number of nitrogens with zero attached hydrogens (tertiary/aromatic N) is 2. The molecule has 0 saturated carbocycles. The van der Waals surface area contributed by atoms with Crippen LogP contribution in [0.2, 0.25) is 0 Å². The molecule has 118 valence electrons. The van der Waals surface area contributed by atoms with Gasteiger partial charge in [-0.3, -0.25) is 4.79 Å². The van der Waals surface area contributed by atoms with Crippen LogP contribution in [0.15, 0.2) is 62.8 Å². The summed E-state index contributed by atoms with van der Waals surface area (Å²) in [5.41, 5.74) is 2.32. The number of ether oxygens (including phenoxy) is 1. The highest BCUT2D eigenvalue weighted by Crippen LogP contribution is 2.28. The number of fused-ring (bicyclic) bond motifs is 1. The van der Waals surface area contributed by atoms with Crippen LogP contribution in [0, 0.1) is 0 Å². The monoisotopic (exact) mass is 338 g/mol. The van der Waals surface area contributed by atoms with E-state index in [1.54, 1.807) is 11.6 Å². The SMILES string of the molecule is O=C(N=S1C=Nc2ccccc21)c1cccc(OC(F)(F)F)c1. The standard InChI is InChI=1S/C15H9F3N2O2S/c16-15(17,18)22-11-5-3-4-10(8-11)14(21)20-23-9-19-12-6-1-2-7-13(12)23/h1-9H. The number of amides is 1. The van der Waals surface area contributed by atoms with E-state index in [1.807, 2.05) is 18.2 Å². The summed E-state index contributed by atoms with van der Waals surface area (Å²) >= 11 is 0. The highest BCUT2D eigenvalue weighted by atomic mass is 32.2. The smallest absolute Gasteiger partial charge is 0.406 e. The molecule has 0 N–H and O–H groups in total. The highest BCUT2D eigenvalue weighted by molar-refractivity contribution is 8.01. The van der Waals surface area contributed by atoms with E-state index in [1.165, 1.54) is 12.1 Å². The molecule has 0 radical (unpaired) electrons. The number of aliphatic imine (C=N–C) groups is 1. The summed E-state index contributed by atoms with van der Waals surface area (Å²) in [5, 5.41) is 0. The van der Waals surface area contributed by atoms with Crippen LogP contribution in [0.3, 0.4) is 0 Å². The first-order valence-electron chi connectivity index (χ1n) is 6.41. The lowest BCUT2D eigenvalue weighted by molar-refractivity contribution is -0.274. The zero-order chi connectivity index (χ0) is 16.4. The van der Waals surface area contributed by atoms with Gasteiger partial charge in [-0.15, -0.1) is 13.2 Å². The van der Waals surface area contributed by atoms with Crippen molar-refractivity contribution in [1.29, 1.82) is 0 Å². The summed E-state index contributed by atoms with van der Waals surface area (Å²) in [6, 6.07) is 12.1. The summed E-state index contributed by atoms with van der Waals surface area (Å²) < 4.78 is 44.5. The molecule has 2 aromatic rings. The Balaban J connectivity index is 1.86. The Hall–Kier alpha value is -2.48. The summed E-state index contributed by atoms with van der Waals surface area (Å²) in [6.45, 7) is 0. The molecule has 3 rings (SSSR count). The lowest BCUT2D eigenvalue weighted by atomic mass is 10.2. The molecule has 1 amide bonds. The summed E-state index contributed by atoms with van der Waals surface area (Å²) in [6.07, 6.45) is -4.81. The van der Waals surface area contributed by atoms with Gasteiger partial charge in [-0.1, -0.05) is 18.2 Å². The Kier molecular flexibility index (Phi) is 3.99. The van der Waals surface area contributed by atoms with E-state index in [0.29, 0.717) is 0 Å². The third kappa shape index (κ3) is 3.65. The molecule has 1 atom stereocenters. The molecule has 0 bridgehead atoms. The van der Waals surface area contributed by atoms with Crippen LogP contribution < -0.4 is 4.74 Å². The molecule has 0 saturated heterocycles. The molecule has 0 aliphatic carbocycles. The molecular formula is C15H9F3N2O2S. The normalized spacial score (nSPS) is 16.4. The van der Waals surface area contributed by atoms with Gasteiger partial charge in [0.05, 0.1) is 16.1 Å². The molecule has 23 heavy (non-hydrogen) atoms. The van der Waals surface area contributed by atoms with Gasteiger partial charge in [0.25, 0.3) is 5.91 Å². The average Bonchev–Trinajstić information content (AvgIpc) is 2.89. The van der Waals surface area contributed by atoms with Crippen LogP contribution in [0.4, 0.5) is 18.9 Å². The van der Waals surface area contributed by atoms with Crippen LogP contribution in [-0.2, 0) is 10.7 Å². The van der Waals surface area contributed by atoms with Crippen LogP contribution in [-0.4, -0.2) is 17.8 Å². The van der Waals surface area contributed by atoms with Crippen molar-refractivity contribution in [3.8, 4) is 5.75 Å². The largest absolute Gasteiger partial charge is 0.573 e. The average molecular weight is 338 g/mol. The van der Waals surface area contributed by atoms with Crippen molar-refractivity contribution in [3.05, 3.63) is 54.1 Å². The molecule has 1 aliphatic rings. The minimum Gasteiger partial charge on any atom is -0.406 e. The number of carbonyl (C=O) groups is 1. The lowest BCUT2D eigenvalue weighted by Gasteiger charge is -2.09. The summed E-state index contributed by atoms with van der Waals surface area (Å²) in [7, 11) is -0.838. The Morgan fingerprint density at radius 2 is 1.91 bits per heavy atom. The first-order valence-corrected chi connectivity index (χ1v) is 7.65. The van der Waals surface area contributed by atoms with Gasteiger partial charge in [-0.05, 0) is 41.0 Å². The van der Waals surface area contributed by atoms with E-state index in [9.17, 15) is 18.0 Å². The van der Waals surface area contributed by atoms with Crippen molar-refractivity contribution in [2.75, 3.05) is 0 Å². The fourth-order valence-corrected chi connectivity index (χ4v) is 3.25. The van der Waals surface area contributed by atoms with E-state index < -0.39 is 28.7 Å². The van der Waals surface area contributed by atoms with Crippen LogP contribution in [0.5, 0.6) is 5.75 Å². The third-order valence-electron chi connectivity index (χ3n) is 2.88. The van der Waals surface area contributed by atoms with Crippen molar-refractivity contribution >= 4 is 27.8 Å². The van der Waals surface area contributed by atoms with Crippen molar-refractivity contribution in [3.63, 3.8) is 0 Å². The quantitative estimate of drug-likeness (QED) is 0.821. The number of halogens is 3. The highest BCUT2D eigenvalue weighted by Gasteiger charge is 2.31. The Labute approximate surface area is 131 Å².